The summed E-state index contributed by atoms with van der Waals surface area (Å²) in [5.74, 6) is 0.0214. The van der Waals surface area contributed by atoms with Crippen LogP contribution < -0.4 is 4.90 Å². The average Bonchev–Trinajstić information content (AvgIpc) is 2.92. The summed E-state index contributed by atoms with van der Waals surface area (Å²) in [4.78, 5) is 23.5. The molecule has 1 aromatic carbocycles. The van der Waals surface area contributed by atoms with E-state index in [1.165, 1.54) is 0 Å². The van der Waals surface area contributed by atoms with Crippen molar-refractivity contribution in [2.45, 2.75) is 57.5 Å². The minimum absolute atomic E-state index is 0.00274. The van der Waals surface area contributed by atoms with Gasteiger partial charge in [0.25, 0.3) is 0 Å². The largest absolute Gasteiger partial charge is 0.444 e. The lowest BCUT2D eigenvalue weighted by Crippen LogP contribution is -2.57. The number of fused-ring (bicyclic) bond motifs is 3. The van der Waals surface area contributed by atoms with E-state index in [9.17, 15) is 22.4 Å². The topological polar surface area (TPSA) is 58.6 Å². The Morgan fingerprint density at radius 3 is 2.31 bits per heavy atom. The molecule has 174 valence electrons. The molecule has 2 saturated heterocycles. The fraction of sp³-hybridized carbons (Fsp3) is 0.550. The van der Waals surface area contributed by atoms with Crippen molar-refractivity contribution in [3.8, 4) is 0 Å². The molecule has 2 aliphatic rings. The highest BCUT2D eigenvalue weighted by Gasteiger charge is 2.45. The molecule has 0 aliphatic carbocycles. The van der Waals surface area contributed by atoms with Gasteiger partial charge in [0.15, 0.2) is 0 Å². The van der Waals surface area contributed by atoms with Gasteiger partial charge < -0.3 is 9.64 Å². The molecule has 4 rings (SSSR count). The van der Waals surface area contributed by atoms with E-state index in [-0.39, 0.29) is 46.9 Å². The van der Waals surface area contributed by atoms with Crippen LogP contribution in [0.15, 0.2) is 10.5 Å². The Labute approximate surface area is 195 Å². The van der Waals surface area contributed by atoms with Crippen LogP contribution in [0.1, 0.15) is 39.2 Å². The lowest BCUT2D eigenvalue weighted by molar-refractivity contribution is -0.138. The van der Waals surface area contributed by atoms with E-state index in [1.54, 1.807) is 30.6 Å². The normalized spacial score (nSPS) is 21.4. The molecule has 0 N–H and O–H groups in total. The zero-order chi connectivity index (χ0) is 23.6. The number of ether oxygens (including phenoxy) is 1. The average molecular weight is 540 g/mol. The van der Waals surface area contributed by atoms with Crippen LogP contribution in [0.25, 0.3) is 10.9 Å². The number of halogens is 6. The number of benzene rings is 1. The van der Waals surface area contributed by atoms with Crippen molar-refractivity contribution in [2.75, 3.05) is 18.0 Å². The van der Waals surface area contributed by atoms with Crippen molar-refractivity contribution in [3.05, 3.63) is 27.2 Å². The van der Waals surface area contributed by atoms with Crippen LogP contribution in [0.3, 0.4) is 0 Å². The number of amides is 1. The first-order valence-corrected chi connectivity index (χ1v) is 11.1. The highest BCUT2D eigenvalue weighted by molar-refractivity contribution is 9.10. The zero-order valence-electron chi connectivity index (χ0n) is 17.4. The molecule has 0 radical (unpaired) electrons. The second kappa shape index (κ2) is 7.86. The van der Waals surface area contributed by atoms with Crippen LogP contribution >= 0.6 is 27.5 Å². The summed E-state index contributed by atoms with van der Waals surface area (Å²) >= 11 is 8.98. The smallest absolute Gasteiger partial charge is 0.417 e. The Hall–Kier alpha value is -1.88. The molecule has 0 spiro atoms. The van der Waals surface area contributed by atoms with Crippen molar-refractivity contribution in [3.63, 3.8) is 0 Å². The molecule has 3 heterocycles. The van der Waals surface area contributed by atoms with Crippen LogP contribution in [0.4, 0.5) is 28.2 Å². The maximum absolute atomic E-state index is 14.3. The van der Waals surface area contributed by atoms with Crippen LogP contribution in [-0.4, -0.2) is 51.7 Å². The molecule has 2 unspecified atom stereocenters. The zero-order valence-corrected chi connectivity index (χ0v) is 19.8. The van der Waals surface area contributed by atoms with Gasteiger partial charge in [0, 0.05) is 18.5 Å². The summed E-state index contributed by atoms with van der Waals surface area (Å²) in [6, 6.07) is 0.414. The molecule has 2 bridgehead atoms. The molecule has 6 nitrogen and oxygen atoms in total. The molecular formula is C20H20BrClF4N4O2. The van der Waals surface area contributed by atoms with E-state index in [1.807, 2.05) is 0 Å². The fourth-order valence-electron chi connectivity index (χ4n) is 4.30. The van der Waals surface area contributed by atoms with Crippen molar-refractivity contribution < 1.29 is 27.1 Å². The summed E-state index contributed by atoms with van der Waals surface area (Å²) in [5.41, 5.74) is -1.77. The number of hydrogen-bond donors (Lipinski definition) is 0. The standard InChI is InChI=1S/C20H20BrClF4N4O2/c1-19(2,3)32-18(31)30-9-4-5-10(30)8-29(7-9)16-11-6-12(20(24,25)26)13(21)14(22)15(11)27-17(23)28-16/h6,9-10H,4-5,7-8H2,1-3H3. The minimum atomic E-state index is -4.68. The number of hydrogen-bond acceptors (Lipinski definition) is 5. The van der Waals surface area contributed by atoms with Gasteiger partial charge in [-0.3, -0.25) is 4.90 Å². The predicted molar refractivity (Wildman–Crippen MR) is 114 cm³/mol. The second-order valence-electron chi connectivity index (χ2n) is 8.94. The highest BCUT2D eigenvalue weighted by atomic mass is 79.9. The number of nitrogens with zero attached hydrogens (tertiary/aromatic N) is 4. The van der Waals surface area contributed by atoms with Crippen molar-refractivity contribution in [1.82, 2.24) is 14.9 Å². The predicted octanol–water partition coefficient (Wildman–Crippen LogP) is 5.79. The van der Waals surface area contributed by atoms with E-state index >= 15 is 0 Å². The van der Waals surface area contributed by atoms with E-state index in [2.05, 4.69) is 25.9 Å². The van der Waals surface area contributed by atoms with Gasteiger partial charge in [0.1, 0.15) is 11.4 Å². The number of carbonyl (C=O) groups excluding carboxylic acids is 1. The van der Waals surface area contributed by atoms with Crippen LogP contribution in [-0.2, 0) is 10.9 Å². The first-order valence-electron chi connectivity index (χ1n) is 9.95. The molecule has 2 aromatic rings. The Kier molecular flexibility index (Phi) is 5.72. The summed E-state index contributed by atoms with van der Waals surface area (Å²) in [5, 5.41) is -0.343. The molecular weight excluding hydrogens is 520 g/mol. The van der Waals surface area contributed by atoms with Gasteiger partial charge >= 0.3 is 18.3 Å². The summed E-state index contributed by atoms with van der Waals surface area (Å²) in [6.45, 7) is 5.88. The van der Waals surface area contributed by atoms with Gasteiger partial charge in [-0.15, -0.1) is 0 Å². The van der Waals surface area contributed by atoms with Gasteiger partial charge in [-0.25, -0.2) is 9.78 Å². The number of piperazine rings is 1. The highest BCUT2D eigenvalue weighted by Crippen LogP contribution is 2.44. The fourth-order valence-corrected chi connectivity index (χ4v) is 5.07. The van der Waals surface area contributed by atoms with Crippen molar-refractivity contribution in [1.29, 1.82) is 0 Å². The quantitative estimate of drug-likeness (QED) is 0.339. The van der Waals surface area contributed by atoms with Crippen LogP contribution in [0.5, 0.6) is 0 Å². The molecule has 12 heteroatoms. The van der Waals surface area contributed by atoms with E-state index in [0.29, 0.717) is 12.8 Å². The maximum atomic E-state index is 14.3. The number of rotatable bonds is 1. The third kappa shape index (κ3) is 4.21. The van der Waals surface area contributed by atoms with Crippen LogP contribution in [0.2, 0.25) is 5.02 Å². The van der Waals surface area contributed by atoms with Gasteiger partial charge in [0.2, 0.25) is 0 Å². The molecule has 1 aromatic heterocycles. The third-order valence-electron chi connectivity index (χ3n) is 5.52. The summed E-state index contributed by atoms with van der Waals surface area (Å²) in [7, 11) is 0. The maximum Gasteiger partial charge on any atom is 0.417 e. The van der Waals surface area contributed by atoms with Gasteiger partial charge in [-0.1, -0.05) is 11.6 Å². The number of aromatic nitrogens is 2. The van der Waals surface area contributed by atoms with E-state index < -0.39 is 34.0 Å². The first-order chi connectivity index (χ1) is 14.8. The lowest BCUT2D eigenvalue weighted by atomic mass is 10.1. The minimum Gasteiger partial charge on any atom is -0.444 e. The van der Waals surface area contributed by atoms with E-state index in [0.717, 1.165) is 6.07 Å². The first kappa shape index (κ1) is 23.3. The third-order valence-corrected chi connectivity index (χ3v) is 6.94. The molecule has 32 heavy (non-hydrogen) atoms. The Balaban J connectivity index is 1.74. The lowest BCUT2D eigenvalue weighted by Gasteiger charge is -2.42. The monoisotopic (exact) mass is 538 g/mol. The van der Waals surface area contributed by atoms with Gasteiger partial charge in [0.05, 0.1) is 32.7 Å². The molecule has 2 fully saturated rings. The summed E-state index contributed by atoms with van der Waals surface area (Å²) in [6.07, 6.45) is -4.81. The SMILES string of the molecule is CC(C)(C)OC(=O)N1C2CCC1CN(c1nc(F)nc3c(Cl)c(Br)c(C(F)(F)F)cc13)C2. The van der Waals surface area contributed by atoms with Crippen LogP contribution in [0, 0.1) is 6.08 Å². The Morgan fingerprint density at radius 2 is 1.78 bits per heavy atom. The van der Waals surface area contributed by atoms with Crippen molar-refractivity contribution in [2.24, 2.45) is 0 Å². The van der Waals surface area contributed by atoms with E-state index in [4.69, 9.17) is 16.3 Å². The number of carbonyl (C=O) groups is 1. The Morgan fingerprint density at radius 1 is 1.19 bits per heavy atom. The molecule has 2 atom stereocenters. The number of anilines is 1. The Bertz CT molecular complexity index is 1080. The molecule has 2 aliphatic heterocycles. The molecule has 0 saturated carbocycles. The van der Waals surface area contributed by atoms with Crippen molar-refractivity contribution >= 4 is 50.3 Å². The second-order valence-corrected chi connectivity index (χ2v) is 10.1. The number of alkyl halides is 3. The summed E-state index contributed by atoms with van der Waals surface area (Å²) < 4.78 is 60.0. The molecule has 1 amide bonds. The van der Waals surface area contributed by atoms with Gasteiger partial charge in [-0.05, 0) is 55.6 Å². The van der Waals surface area contributed by atoms with Gasteiger partial charge in [-0.2, -0.15) is 22.5 Å².